The van der Waals surface area contributed by atoms with Crippen LogP contribution in [0.3, 0.4) is 0 Å². The Kier molecular flexibility index (Phi) is 3.41. The second-order valence-corrected chi connectivity index (χ2v) is 7.90. The monoisotopic (exact) mass is 269 g/mol. The highest BCUT2D eigenvalue weighted by atomic mass is 19.1. The van der Waals surface area contributed by atoms with Crippen LogP contribution >= 0.6 is 0 Å². The van der Waals surface area contributed by atoms with Gasteiger partial charge in [-0.05, 0) is 58.3 Å². The van der Waals surface area contributed by atoms with Gasteiger partial charge in [0.2, 0.25) is 0 Å². The highest BCUT2D eigenvalue weighted by Crippen LogP contribution is 2.50. The molecule has 0 aromatic carbocycles. The summed E-state index contributed by atoms with van der Waals surface area (Å²) in [5.74, 6) is 1.22. The van der Waals surface area contributed by atoms with Gasteiger partial charge in [-0.25, -0.2) is 4.39 Å². The zero-order valence-corrected chi connectivity index (χ0v) is 12.6. The van der Waals surface area contributed by atoms with E-state index in [1.807, 2.05) is 0 Å². The molecule has 2 saturated carbocycles. The van der Waals surface area contributed by atoms with Gasteiger partial charge in [0.25, 0.3) is 0 Å². The molecule has 0 bridgehead atoms. The Balaban J connectivity index is 1.48. The van der Waals surface area contributed by atoms with Crippen molar-refractivity contribution in [3.05, 3.63) is 0 Å². The van der Waals surface area contributed by atoms with E-state index < -0.39 is 5.67 Å². The SMILES string of the molecule is CC(C)OCC1(CN2CC3CC(C)(F)CC3C2)CC1. The highest BCUT2D eigenvalue weighted by Gasteiger charge is 2.50. The predicted octanol–water partition coefficient (Wildman–Crippen LogP) is 3.26. The van der Waals surface area contributed by atoms with Gasteiger partial charge in [-0.1, -0.05) is 0 Å². The zero-order valence-electron chi connectivity index (χ0n) is 12.6. The molecule has 19 heavy (non-hydrogen) atoms. The summed E-state index contributed by atoms with van der Waals surface area (Å²) >= 11 is 0. The predicted molar refractivity (Wildman–Crippen MR) is 74.9 cm³/mol. The Morgan fingerprint density at radius 2 is 1.79 bits per heavy atom. The Labute approximate surface area is 116 Å². The maximum Gasteiger partial charge on any atom is 0.109 e. The molecule has 1 saturated heterocycles. The van der Waals surface area contributed by atoms with E-state index >= 15 is 0 Å². The van der Waals surface area contributed by atoms with Gasteiger partial charge in [-0.3, -0.25) is 0 Å². The van der Waals surface area contributed by atoms with E-state index in [4.69, 9.17) is 4.74 Å². The smallest absolute Gasteiger partial charge is 0.109 e. The Hall–Kier alpha value is -0.150. The summed E-state index contributed by atoms with van der Waals surface area (Å²) in [6, 6.07) is 0. The Morgan fingerprint density at radius 3 is 2.26 bits per heavy atom. The lowest BCUT2D eigenvalue weighted by atomic mass is 10.0. The maximum absolute atomic E-state index is 14.0. The lowest BCUT2D eigenvalue weighted by Gasteiger charge is -2.26. The number of hydrogen-bond acceptors (Lipinski definition) is 2. The molecule has 3 rings (SSSR count). The van der Waals surface area contributed by atoms with Crippen molar-refractivity contribution in [2.45, 2.75) is 58.2 Å². The average molecular weight is 269 g/mol. The van der Waals surface area contributed by atoms with E-state index in [0.29, 0.717) is 23.4 Å². The van der Waals surface area contributed by atoms with E-state index in [2.05, 4.69) is 18.7 Å². The normalized spacial score (nSPS) is 40.9. The van der Waals surface area contributed by atoms with Crippen LogP contribution in [-0.4, -0.2) is 42.9 Å². The summed E-state index contributed by atoms with van der Waals surface area (Å²) in [4.78, 5) is 2.58. The first-order valence-corrected chi connectivity index (χ1v) is 7.90. The molecule has 3 aliphatic rings. The third-order valence-corrected chi connectivity index (χ3v) is 5.27. The first-order chi connectivity index (χ1) is 8.88. The summed E-state index contributed by atoms with van der Waals surface area (Å²) in [7, 11) is 0. The summed E-state index contributed by atoms with van der Waals surface area (Å²) < 4.78 is 19.8. The third-order valence-electron chi connectivity index (χ3n) is 5.27. The van der Waals surface area contributed by atoms with Crippen LogP contribution in [0.5, 0.6) is 0 Å². The molecule has 0 aromatic rings. The van der Waals surface area contributed by atoms with Gasteiger partial charge in [0, 0.05) is 25.0 Å². The quantitative estimate of drug-likeness (QED) is 0.759. The molecular formula is C16H28FNO. The van der Waals surface area contributed by atoms with E-state index in [1.165, 1.54) is 19.4 Å². The van der Waals surface area contributed by atoms with Crippen LogP contribution in [0.4, 0.5) is 4.39 Å². The van der Waals surface area contributed by atoms with E-state index in [9.17, 15) is 4.39 Å². The number of fused-ring (bicyclic) bond motifs is 1. The van der Waals surface area contributed by atoms with Crippen molar-refractivity contribution in [1.82, 2.24) is 4.90 Å². The first-order valence-electron chi connectivity index (χ1n) is 7.90. The molecule has 1 aliphatic heterocycles. The molecule has 3 heteroatoms. The largest absolute Gasteiger partial charge is 0.378 e. The van der Waals surface area contributed by atoms with Gasteiger partial charge in [-0.2, -0.15) is 0 Å². The summed E-state index contributed by atoms with van der Waals surface area (Å²) in [6.07, 6.45) is 4.52. The van der Waals surface area contributed by atoms with Crippen LogP contribution in [0.25, 0.3) is 0 Å². The van der Waals surface area contributed by atoms with Crippen LogP contribution in [0.15, 0.2) is 0 Å². The minimum Gasteiger partial charge on any atom is -0.378 e. The number of nitrogens with zero attached hydrogens (tertiary/aromatic N) is 1. The maximum atomic E-state index is 14.0. The molecule has 2 unspecified atom stereocenters. The molecule has 0 radical (unpaired) electrons. The van der Waals surface area contributed by atoms with Crippen molar-refractivity contribution >= 4 is 0 Å². The van der Waals surface area contributed by atoms with Crippen molar-refractivity contribution in [2.75, 3.05) is 26.2 Å². The van der Waals surface area contributed by atoms with Crippen molar-refractivity contribution in [2.24, 2.45) is 17.3 Å². The van der Waals surface area contributed by atoms with Gasteiger partial charge in [-0.15, -0.1) is 0 Å². The van der Waals surface area contributed by atoms with E-state index in [1.54, 1.807) is 6.92 Å². The second kappa shape index (κ2) is 4.70. The second-order valence-electron chi connectivity index (χ2n) is 7.90. The number of likely N-dealkylation sites (tertiary alicyclic amines) is 1. The fraction of sp³-hybridized carbons (Fsp3) is 1.00. The van der Waals surface area contributed by atoms with Crippen molar-refractivity contribution < 1.29 is 9.13 Å². The molecule has 0 amide bonds. The number of ether oxygens (including phenoxy) is 1. The van der Waals surface area contributed by atoms with E-state index in [-0.39, 0.29) is 0 Å². The van der Waals surface area contributed by atoms with Crippen molar-refractivity contribution in [3.63, 3.8) is 0 Å². The standard InChI is InChI=1S/C16H28FNO/c1-12(2)19-11-16(4-5-16)10-18-8-13-6-15(3,17)7-14(13)9-18/h12-14H,4-11H2,1-3H3. The Bertz CT molecular complexity index is 322. The number of rotatable bonds is 5. The molecule has 110 valence electrons. The molecule has 2 nitrogen and oxygen atoms in total. The average Bonchev–Trinajstić information content (AvgIpc) is 2.86. The highest BCUT2D eigenvalue weighted by molar-refractivity contribution is 5.02. The molecule has 3 fully saturated rings. The van der Waals surface area contributed by atoms with Gasteiger partial charge in [0.15, 0.2) is 0 Å². The summed E-state index contributed by atoms with van der Waals surface area (Å²) in [5, 5.41) is 0. The Morgan fingerprint density at radius 1 is 1.21 bits per heavy atom. The fourth-order valence-corrected chi connectivity index (χ4v) is 4.15. The first kappa shape index (κ1) is 13.8. The van der Waals surface area contributed by atoms with Crippen LogP contribution in [0, 0.1) is 17.3 Å². The summed E-state index contributed by atoms with van der Waals surface area (Å²) in [5.41, 5.74) is -0.457. The molecule has 0 N–H and O–H groups in total. The number of alkyl halides is 1. The molecule has 0 aromatic heterocycles. The van der Waals surface area contributed by atoms with Crippen LogP contribution in [0.2, 0.25) is 0 Å². The van der Waals surface area contributed by atoms with Crippen LogP contribution in [0.1, 0.15) is 46.5 Å². The molecule has 0 spiro atoms. The lowest BCUT2D eigenvalue weighted by Crippen LogP contribution is -2.33. The van der Waals surface area contributed by atoms with Gasteiger partial charge in [0.1, 0.15) is 5.67 Å². The van der Waals surface area contributed by atoms with Crippen LogP contribution < -0.4 is 0 Å². The molecular weight excluding hydrogens is 241 g/mol. The minimum atomic E-state index is -0.889. The molecule has 2 aliphatic carbocycles. The van der Waals surface area contributed by atoms with E-state index in [0.717, 1.165) is 32.5 Å². The van der Waals surface area contributed by atoms with Crippen molar-refractivity contribution in [1.29, 1.82) is 0 Å². The van der Waals surface area contributed by atoms with Crippen LogP contribution in [-0.2, 0) is 4.74 Å². The number of hydrogen-bond donors (Lipinski definition) is 0. The van der Waals surface area contributed by atoms with Gasteiger partial charge < -0.3 is 9.64 Å². The summed E-state index contributed by atoms with van der Waals surface area (Å²) in [6.45, 7) is 10.3. The van der Waals surface area contributed by atoms with Gasteiger partial charge >= 0.3 is 0 Å². The molecule has 2 atom stereocenters. The van der Waals surface area contributed by atoms with Crippen molar-refractivity contribution in [3.8, 4) is 0 Å². The molecule has 1 heterocycles. The number of halogens is 1. The minimum absolute atomic E-state index is 0.336. The lowest BCUT2D eigenvalue weighted by molar-refractivity contribution is 0.0319. The third kappa shape index (κ3) is 3.13. The zero-order chi connectivity index (χ0) is 13.7. The fourth-order valence-electron chi connectivity index (χ4n) is 4.15. The topological polar surface area (TPSA) is 12.5 Å². The van der Waals surface area contributed by atoms with Gasteiger partial charge in [0.05, 0.1) is 12.7 Å².